The van der Waals surface area contributed by atoms with Crippen molar-refractivity contribution < 1.29 is 0 Å². The minimum absolute atomic E-state index is 0.877. The van der Waals surface area contributed by atoms with Crippen LogP contribution in [-0.2, 0) is 0 Å². The van der Waals surface area contributed by atoms with Gasteiger partial charge < -0.3 is 5.73 Å². The summed E-state index contributed by atoms with van der Waals surface area (Å²) in [6, 6.07) is 4.13. The summed E-state index contributed by atoms with van der Waals surface area (Å²) in [5.41, 5.74) is 8.02. The molecule has 17 heavy (non-hydrogen) atoms. The predicted octanol–water partition coefficient (Wildman–Crippen LogP) is 3.43. The second-order valence-corrected chi connectivity index (χ2v) is 5.87. The van der Waals surface area contributed by atoms with E-state index in [1.165, 1.54) is 36.3 Å². The first kappa shape index (κ1) is 11.0. The third-order valence-electron chi connectivity index (χ3n) is 3.52. The molecular weight excluding hydrogens is 230 g/mol. The van der Waals surface area contributed by atoms with Gasteiger partial charge in [0.25, 0.3) is 0 Å². The Morgan fingerprint density at radius 3 is 3.00 bits per heavy atom. The summed E-state index contributed by atoms with van der Waals surface area (Å²) in [6.07, 6.45) is 7.40. The lowest BCUT2D eigenvalue weighted by Crippen LogP contribution is -1.97. The molecule has 4 heteroatoms. The van der Waals surface area contributed by atoms with E-state index in [1.807, 2.05) is 24.0 Å². The Balaban J connectivity index is 1.76. The Morgan fingerprint density at radius 2 is 2.18 bits per heavy atom. The molecule has 0 spiro atoms. The van der Waals surface area contributed by atoms with Crippen molar-refractivity contribution in [3.8, 4) is 0 Å². The van der Waals surface area contributed by atoms with Gasteiger partial charge in [-0.25, -0.2) is 0 Å². The highest BCUT2D eigenvalue weighted by molar-refractivity contribution is 7.99. The molecular formula is C13H17N3S. The molecule has 1 aromatic heterocycles. The van der Waals surface area contributed by atoms with Crippen LogP contribution in [0.25, 0.3) is 10.9 Å². The minimum atomic E-state index is 0.877. The number of thioether (sulfide) groups is 1. The second-order valence-electron chi connectivity index (χ2n) is 4.81. The number of nitrogens with one attached hydrogen (secondary N) is 1. The zero-order valence-electron chi connectivity index (χ0n) is 9.78. The van der Waals surface area contributed by atoms with Gasteiger partial charge in [-0.3, -0.25) is 5.10 Å². The Morgan fingerprint density at radius 1 is 1.35 bits per heavy atom. The summed E-state index contributed by atoms with van der Waals surface area (Å²) in [7, 11) is 0. The summed E-state index contributed by atoms with van der Waals surface area (Å²) in [5, 5.41) is 8.12. The standard InChI is InChI=1S/C13H17N3S/c14-11-5-10-7-15-16-12(10)6-13(11)17-8-9-3-1-2-4-9/h5-7,9H,1-4,8,14H2,(H,15,16). The first-order chi connectivity index (χ1) is 8.33. The van der Waals surface area contributed by atoms with E-state index in [4.69, 9.17) is 5.73 Å². The molecule has 0 amide bonds. The monoisotopic (exact) mass is 247 g/mol. The highest BCUT2D eigenvalue weighted by Crippen LogP contribution is 2.34. The smallest absolute Gasteiger partial charge is 0.0662 e. The minimum Gasteiger partial charge on any atom is -0.398 e. The number of benzene rings is 1. The van der Waals surface area contributed by atoms with Gasteiger partial charge in [0.05, 0.1) is 11.7 Å². The molecule has 0 aliphatic heterocycles. The zero-order chi connectivity index (χ0) is 11.7. The van der Waals surface area contributed by atoms with Gasteiger partial charge in [0, 0.05) is 21.7 Å². The molecule has 1 aromatic carbocycles. The fourth-order valence-corrected chi connectivity index (χ4v) is 3.67. The van der Waals surface area contributed by atoms with Crippen molar-refractivity contribution in [2.24, 2.45) is 5.92 Å². The molecule has 1 saturated carbocycles. The van der Waals surface area contributed by atoms with Gasteiger partial charge in [-0.15, -0.1) is 11.8 Å². The highest BCUT2D eigenvalue weighted by atomic mass is 32.2. The summed E-state index contributed by atoms with van der Waals surface area (Å²) in [5.74, 6) is 2.08. The SMILES string of the molecule is Nc1cc2cn[nH]c2cc1SCC1CCCC1. The van der Waals surface area contributed by atoms with Crippen LogP contribution in [0, 0.1) is 5.92 Å². The fraction of sp³-hybridized carbons (Fsp3) is 0.462. The van der Waals surface area contributed by atoms with Gasteiger partial charge in [-0.05, 0) is 30.9 Å². The van der Waals surface area contributed by atoms with Crippen molar-refractivity contribution in [3.63, 3.8) is 0 Å². The number of nitrogens with zero attached hydrogens (tertiary/aromatic N) is 1. The van der Waals surface area contributed by atoms with Crippen molar-refractivity contribution in [1.29, 1.82) is 0 Å². The lowest BCUT2D eigenvalue weighted by molar-refractivity contribution is 0.623. The predicted molar refractivity (Wildman–Crippen MR) is 73.2 cm³/mol. The van der Waals surface area contributed by atoms with Gasteiger partial charge >= 0.3 is 0 Å². The van der Waals surface area contributed by atoms with Gasteiger partial charge in [-0.2, -0.15) is 5.10 Å². The maximum Gasteiger partial charge on any atom is 0.0662 e. The Labute approximate surface area is 105 Å². The summed E-state index contributed by atoms with van der Waals surface area (Å²) in [4.78, 5) is 1.19. The van der Waals surface area contributed by atoms with E-state index in [-0.39, 0.29) is 0 Å². The number of H-pyrrole nitrogens is 1. The summed E-state index contributed by atoms with van der Waals surface area (Å²) < 4.78 is 0. The molecule has 3 nitrogen and oxygen atoms in total. The second kappa shape index (κ2) is 4.61. The van der Waals surface area contributed by atoms with E-state index in [1.54, 1.807) is 0 Å². The fourth-order valence-electron chi connectivity index (χ4n) is 2.50. The van der Waals surface area contributed by atoms with Crippen molar-refractivity contribution in [2.75, 3.05) is 11.5 Å². The molecule has 0 radical (unpaired) electrons. The zero-order valence-corrected chi connectivity index (χ0v) is 10.6. The first-order valence-electron chi connectivity index (χ1n) is 6.18. The van der Waals surface area contributed by atoms with E-state index in [2.05, 4.69) is 16.3 Å². The van der Waals surface area contributed by atoms with Crippen LogP contribution in [0.15, 0.2) is 23.2 Å². The summed E-state index contributed by atoms with van der Waals surface area (Å²) in [6.45, 7) is 0. The Bertz CT molecular complexity index is 514. The molecule has 0 atom stereocenters. The van der Waals surface area contributed by atoms with Gasteiger partial charge in [0.1, 0.15) is 0 Å². The maximum absolute atomic E-state index is 6.07. The average molecular weight is 247 g/mol. The number of rotatable bonds is 3. The van der Waals surface area contributed by atoms with E-state index >= 15 is 0 Å². The molecule has 0 saturated heterocycles. The van der Waals surface area contributed by atoms with Crippen molar-refractivity contribution in [3.05, 3.63) is 18.3 Å². The average Bonchev–Trinajstić information content (AvgIpc) is 2.95. The number of hydrogen-bond donors (Lipinski definition) is 2. The van der Waals surface area contributed by atoms with Crippen LogP contribution in [0.4, 0.5) is 5.69 Å². The molecule has 1 aliphatic rings. The lowest BCUT2D eigenvalue weighted by Gasteiger charge is -2.10. The van der Waals surface area contributed by atoms with E-state index in [0.717, 1.165) is 22.5 Å². The number of nitrogen functional groups attached to an aromatic ring is 1. The van der Waals surface area contributed by atoms with Crippen molar-refractivity contribution in [1.82, 2.24) is 10.2 Å². The van der Waals surface area contributed by atoms with E-state index in [0.29, 0.717) is 0 Å². The maximum atomic E-state index is 6.07. The topological polar surface area (TPSA) is 54.7 Å². The molecule has 90 valence electrons. The van der Waals surface area contributed by atoms with Crippen LogP contribution in [0.3, 0.4) is 0 Å². The van der Waals surface area contributed by atoms with Crippen molar-refractivity contribution >= 4 is 28.4 Å². The third kappa shape index (κ3) is 2.27. The molecule has 2 aromatic rings. The van der Waals surface area contributed by atoms with E-state index < -0.39 is 0 Å². The Kier molecular flexibility index (Phi) is 2.97. The first-order valence-corrected chi connectivity index (χ1v) is 7.17. The van der Waals surface area contributed by atoms with Crippen LogP contribution >= 0.6 is 11.8 Å². The number of aromatic nitrogens is 2. The quantitative estimate of drug-likeness (QED) is 0.645. The van der Waals surface area contributed by atoms with Gasteiger partial charge in [0.15, 0.2) is 0 Å². The van der Waals surface area contributed by atoms with Crippen LogP contribution < -0.4 is 5.73 Å². The molecule has 1 aliphatic carbocycles. The number of hydrogen-bond acceptors (Lipinski definition) is 3. The summed E-state index contributed by atoms with van der Waals surface area (Å²) >= 11 is 1.89. The molecule has 1 fully saturated rings. The van der Waals surface area contributed by atoms with Crippen LogP contribution in [0.1, 0.15) is 25.7 Å². The molecule has 3 N–H and O–H groups in total. The number of anilines is 1. The number of fused-ring (bicyclic) bond motifs is 1. The van der Waals surface area contributed by atoms with Gasteiger partial charge in [0.2, 0.25) is 0 Å². The van der Waals surface area contributed by atoms with Crippen LogP contribution in [0.2, 0.25) is 0 Å². The van der Waals surface area contributed by atoms with Crippen LogP contribution in [-0.4, -0.2) is 16.0 Å². The van der Waals surface area contributed by atoms with Crippen LogP contribution in [0.5, 0.6) is 0 Å². The molecule has 0 bridgehead atoms. The highest BCUT2D eigenvalue weighted by Gasteiger charge is 2.15. The molecule has 3 rings (SSSR count). The van der Waals surface area contributed by atoms with Crippen molar-refractivity contribution in [2.45, 2.75) is 30.6 Å². The largest absolute Gasteiger partial charge is 0.398 e. The lowest BCUT2D eigenvalue weighted by atomic mass is 10.1. The number of aromatic amines is 1. The molecule has 0 unspecified atom stereocenters. The van der Waals surface area contributed by atoms with E-state index in [9.17, 15) is 0 Å². The van der Waals surface area contributed by atoms with Gasteiger partial charge in [-0.1, -0.05) is 12.8 Å². The number of nitrogens with two attached hydrogens (primary N) is 1. The normalized spacial score (nSPS) is 16.9. The molecule has 1 heterocycles. The Hall–Kier alpha value is -1.16. The third-order valence-corrected chi connectivity index (χ3v) is 4.82.